The molecule has 1 heterocycles. The molecule has 0 saturated heterocycles. The summed E-state index contributed by atoms with van der Waals surface area (Å²) in [7, 11) is 0. The monoisotopic (exact) mass is 232 g/mol. The molecule has 0 unspecified atom stereocenters. The van der Waals surface area contributed by atoms with Gasteiger partial charge in [-0.25, -0.2) is 9.07 Å². The molecule has 1 aliphatic carbocycles. The maximum absolute atomic E-state index is 13.5. The van der Waals surface area contributed by atoms with Crippen molar-refractivity contribution in [2.75, 3.05) is 0 Å². The lowest BCUT2D eigenvalue weighted by Crippen LogP contribution is -2.15. The zero-order valence-electron chi connectivity index (χ0n) is 9.31. The molecular formula is C12H13FN4. The molecule has 1 N–H and O–H groups in total. The van der Waals surface area contributed by atoms with Gasteiger partial charge >= 0.3 is 0 Å². The van der Waals surface area contributed by atoms with Crippen LogP contribution >= 0.6 is 0 Å². The van der Waals surface area contributed by atoms with Crippen LogP contribution in [0.15, 0.2) is 30.5 Å². The van der Waals surface area contributed by atoms with Gasteiger partial charge in [0, 0.05) is 12.6 Å². The molecule has 2 aromatic rings. The van der Waals surface area contributed by atoms with Crippen molar-refractivity contribution in [1.82, 2.24) is 20.3 Å². The average molecular weight is 232 g/mol. The van der Waals surface area contributed by atoms with Gasteiger partial charge < -0.3 is 5.32 Å². The lowest BCUT2D eigenvalue weighted by molar-refractivity contribution is 0.607. The van der Waals surface area contributed by atoms with Crippen LogP contribution in [0.3, 0.4) is 0 Å². The molecule has 0 atom stereocenters. The van der Waals surface area contributed by atoms with Crippen LogP contribution in [0.2, 0.25) is 0 Å². The summed E-state index contributed by atoms with van der Waals surface area (Å²) < 4.78 is 15.0. The minimum Gasteiger partial charge on any atom is -0.308 e. The first-order chi connectivity index (χ1) is 8.33. The van der Waals surface area contributed by atoms with Gasteiger partial charge in [-0.3, -0.25) is 0 Å². The molecule has 3 rings (SSSR count). The molecule has 0 spiro atoms. The number of para-hydroxylation sites is 1. The Balaban J connectivity index is 1.77. The average Bonchev–Trinajstić information content (AvgIpc) is 3.06. The van der Waals surface area contributed by atoms with Gasteiger partial charge in [0.15, 0.2) is 0 Å². The van der Waals surface area contributed by atoms with Crippen molar-refractivity contribution in [3.63, 3.8) is 0 Å². The summed E-state index contributed by atoms with van der Waals surface area (Å²) >= 11 is 0. The van der Waals surface area contributed by atoms with Crippen LogP contribution in [-0.4, -0.2) is 21.0 Å². The van der Waals surface area contributed by atoms with E-state index >= 15 is 0 Å². The number of hydrogen-bond donors (Lipinski definition) is 1. The summed E-state index contributed by atoms with van der Waals surface area (Å²) in [6.45, 7) is 0.694. The summed E-state index contributed by atoms with van der Waals surface area (Å²) in [5.74, 6) is -0.292. The second-order valence-corrected chi connectivity index (χ2v) is 4.26. The number of aromatic nitrogens is 3. The molecule has 0 aliphatic heterocycles. The Kier molecular flexibility index (Phi) is 2.60. The summed E-state index contributed by atoms with van der Waals surface area (Å²) in [5, 5.41) is 11.3. The Bertz CT molecular complexity index is 519. The molecule has 5 heteroatoms. The number of benzene rings is 1. The van der Waals surface area contributed by atoms with Crippen molar-refractivity contribution in [3.8, 4) is 5.69 Å². The van der Waals surface area contributed by atoms with Gasteiger partial charge in [-0.05, 0) is 25.0 Å². The Labute approximate surface area is 98.5 Å². The fourth-order valence-electron chi connectivity index (χ4n) is 1.67. The predicted molar refractivity (Wildman–Crippen MR) is 61.2 cm³/mol. The summed E-state index contributed by atoms with van der Waals surface area (Å²) in [6, 6.07) is 7.17. The second kappa shape index (κ2) is 4.25. The fraction of sp³-hybridized carbons (Fsp3) is 0.333. The van der Waals surface area contributed by atoms with Crippen LogP contribution < -0.4 is 5.32 Å². The molecule has 0 bridgehead atoms. The molecule has 1 aromatic carbocycles. The second-order valence-electron chi connectivity index (χ2n) is 4.26. The van der Waals surface area contributed by atoms with E-state index in [1.807, 2.05) is 0 Å². The first-order valence-electron chi connectivity index (χ1n) is 5.72. The van der Waals surface area contributed by atoms with Crippen LogP contribution in [0, 0.1) is 5.82 Å². The van der Waals surface area contributed by atoms with Crippen LogP contribution in [0.5, 0.6) is 0 Å². The van der Waals surface area contributed by atoms with Crippen molar-refractivity contribution >= 4 is 0 Å². The van der Waals surface area contributed by atoms with E-state index < -0.39 is 0 Å². The first-order valence-corrected chi connectivity index (χ1v) is 5.72. The number of hydrogen-bond acceptors (Lipinski definition) is 3. The highest BCUT2D eigenvalue weighted by Gasteiger charge is 2.20. The molecule has 17 heavy (non-hydrogen) atoms. The van der Waals surface area contributed by atoms with E-state index in [0.29, 0.717) is 18.3 Å². The van der Waals surface area contributed by atoms with Crippen LogP contribution in [0.1, 0.15) is 18.5 Å². The van der Waals surface area contributed by atoms with E-state index in [1.165, 1.54) is 23.6 Å². The zero-order valence-corrected chi connectivity index (χ0v) is 9.31. The van der Waals surface area contributed by atoms with Crippen LogP contribution in [0.4, 0.5) is 4.39 Å². The van der Waals surface area contributed by atoms with E-state index in [0.717, 1.165) is 5.69 Å². The third-order valence-electron chi connectivity index (χ3n) is 2.79. The highest BCUT2D eigenvalue weighted by molar-refractivity contribution is 5.32. The summed E-state index contributed by atoms with van der Waals surface area (Å²) in [6.07, 6.45) is 4.23. The van der Waals surface area contributed by atoms with Crippen molar-refractivity contribution in [2.24, 2.45) is 0 Å². The molecular weight excluding hydrogens is 219 g/mol. The van der Waals surface area contributed by atoms with Crippen LogP contribution in [0.25, 0.3) is 5.69 Å². The SMILES string of the molecule is Fc1ccccc1-n1cc(CNC2CC2)nn1. The molecule has 0 radical (unpaired) electrons. The van der Waals surface area contributed by atoms with Gasteiger partial charge in [-0.15, -0.1) is 5.10 Å². The van der Waals surface area contributed by atoms with Crippen molar-refractivity contribution in [2.45, 2.75) is 25.4 Å². The highest BCUT2D eigenvalue weighted by atomic mass is 19.1. The zero-order chi connectivity index (χ0) is 11.7. The number of nitrogens with zero attached hydrogens (tertiary/aromatic N) is 3. The number of nitrogens with one attached hydrogen (secondary N) is 1. The lowest BCUT2D eigenvalue weighted by Gasteiger charge is -2.00. The topological polar surface area (TPSA) is 42.7 Å². The highest BCUT2D eigenvalue weighted by Crippen LogP contribution is 2.19. The van der Waals surface area contributed by atoms with Gasteiger partial charge in [-0.2, -0.15) is 0 Å². The molecule has 1 saturated carbocycles. The van der Waals surface area contributed by atoms with Gasteiger partial charge in [-0.1, -0.05) is 17.3 Å². The maximum atomic E-state index is 13.5. The normalized spacial score (nSPS) is 15.1. The molecule has 88 valence electrons. The molecule has 1 aliphatic rings. The minimum atomic E-state index is -0.292. The van der Waals surface area contributed by atoms with Crippen LogP contribution in [-0.2, 0) is 6.54 Å². The third kappa shape index (κ3) is 2.34. The predicted octanol–water partition coefficient (Wildman–Crippen LogP) is 1.66. The quantitative estimate of drug-likeness (QED) is 0.871. The number of rotatable bonds is 4. The van der Waals surface area contributed by atoms with Gasteiger partial charge in [0.2, 0.25) is 0 Å². The van der Waals surface area contributed by atoms with Gasteiger partial charge in [0.25, 0.3) is 0 Å². The largest absolute Gasteiger partial charge is 0.308 e. The van der Waals surface area contributed by atoms with Crippen molar-refractivity contribution < 1.29 is 4.39 Å². The lowest BCUT2D eigenvalue weighted by atomic mass is 10.3. The molecule has 1 aromatic heterocycles. The van der Waals surface area contributed by atoms with E-state index in [1.54, 1.807) is 24.4 Å². The fourth-order valence-corrected chi connectivity index (χ4v) is 1.67. The Morgan fingerprint density at radius 2 is 2.18 bits per heavy atom. The van der Waals surface area contributed by atoms with Gasteiger partial charge in [0.05, 0.1) is 11.9 Å². The number of halogens is 1. The van der Waals surface area contributed by atoms with E-state index in [4.69, 9.17) is 0 Å². The minimum absolute atomic E-state index is 0.292. The van der Waals surface area contributed by atoms with Crippen molar-refractivity contribution in [3.05, 3.63) is 42.0 Å². The summed E-state index contributed by atoms with van der Waals surface area (Å²) in [4.78, 5) is 0. The van der Waals surface area contributed by atoms with Crippen molar-refractivity contribution in [1.29, 1.82) is 0 Å². The molecule has 0 amide bonds. The third-order valence-corrected chi connectivity index (χ3v) is 2.79. The van der Waals surface area contributed by atoms with E-state index in [-0.39, 0.29) is 5.82 Å². The Morgan fingerprint density at radius 3 is 2.94 bits per heavy atom. The van der Waals surface area contributed by atoms with Gasteiger partial charge in [0.1, 0.15) is 11.5 Å². The molecule has 1 fully saturated rings. The first kappa shape index (κ1) is 10.4. The summed E-state index contributed by atoms with van der Waals surface area (Å²) in [5.41, 5.74) is 1.26. The standard InChI is InChI=1S/C12H13FN4/c13-11-3-1-2-4-12(11)17-8-10(15-16-17)7-14-9-5-6-9/h1-4,8-9,14H,5-7H2. The maximum Gasteiger partial charge on any atom is 0.148 e. The Morgan fingerprint density at radius 1 is 1.35 bits per heavy atom. The molecule has 4 nitrogen and oxygen atoms in total. The van der Waals surface area contributed by atoms with E-state index in [2.05, 4.69) is 15.6 Å². The smallest absolute Gasteiger partial charge is 0.148 e. The Hall–Kier alpha value is -1.75. The van der Waals surface area contributed by atoms with E-state index in [9.17, 15) is 4.39 Å².